The maximum atomic E-state index is 15.0. The van der Waals surface area contributed by atoms with Crippen LogP contribution in [0.1, 0.15) is 63.4 Å². The summed E-state index contributed by atoms with van der Waals surface area (Å²) >= 11 is 5.88. The van der Waals surface area contributed by atoms with Crippen molar-refractivity contribution in [1.29, 1.82) is 0 Å². The number of carbonyl (C=O) groups is 2. The van der Waals surface area contributed by atoms with Gasteiger partial charge in [-0.3, -0.25) is 14.1 Å². The first kappa shape index (κ1) is 33.3. The number of unbranched alkanes of at least 4 members (excludes halogenated alkanes) is 1. The zero-order valence-corrected chi connectivity index (χ0v) is 26.9. The summed E-state index contributed by atoms with van der Waals surface area (Å²) < 4.78 is 51.4. The lowest BCUT2D eigenvalue weighted by Gasteiger charge is -2.51. The van der Waals surface area contributed by atoms with E-state index in [0.29, 0.717) is 54.3 Å². The standard InChI is InChI=1S/C31H41ClFN5O6S/c32-24-18-34-31(35-19-24)36-12-10-22(11-13-36)4-3-14-44-27-9-6-23(28(33)17-27)16-30(40)38-21-25-7-8-26(38)20-37(25)29(39)5-1-2-15-45(41,42)43/h6,9,17-19,22,25-26H,1-5,7-8,10-16,20-21H2,(H,41,42,43). The molecule has 0 aliphatic carbocycles. The molecule has 2 bridgehead atoms. The van der Waals surface area contributed by atoms with Gasteiger partial charge in [0.1, 0.15) is 11.6 Å². The Morgan fingerprint density at radius 1 is 0.978 bits per heavy atom. The number of piperidine rings is 3. The van der Waals surface area contributed by atoms with Crippen LogP contribution in [0.4, 0.5) is 10.3 Å². The molecule has 4 aliphatic rings. The molecule has 2 amide bonds. The molecule has 4 aliphatic heterocycles. The van der Waals surface area contributed by atoms with Crippen LogP contribution in [0.2, 0.25) is 5.02 Å². The van der Waals surface area contributed by atoms with E-state index in [0.717, 1.165) is 51.6 Å². The number of aromatic nitrogens is 2. The maximum Gasteiger partial charge on any atom is 0.264 e. The summed E-state index contributed by atoms with van der Waals surface area (Å²) in [7, 11) is -4.03. The van der Waals surface area contributed by atoms with E-state index in [1.807, 2.05) is 0 Å². The molecule has 0 spiro atoms. The molecule has 1 aromatic heterocycles. The summed E-state index contributed by atoms with van der Waals surface area (Å²) in [6.07, 6.45) is 9.54. The Labute approximate surface area is 268 Å². The highest BCUT2D eigenvalue weighted by atomic mass is 35.5. The second-order valence-electron chi connectivity index (χ2n) is 12.3. The van der Waals surface area contributed by atoms with Crippen molar-refractivity contribution >= 4 is 39.5 Å². The van der Waals surface area contributed by atoms with E-state index in [1.54, 1.807) is 34.3 Å². The second kappa shape index (κ2) is 15.0. The Hall–Kier alpha value is -3.03. The number of nitrogens with zero attached hydrogens (tertiary/aromatic N) is 5. The summed E-state index contributed by atoms with van der Waals surface area (Å²) in [5, 5.41) is 0.525. The van der Waals surface area contributed by atoms with Gasteiger partial charge >= 0.3 is 0 Å². The molecule has 5 heterocycles. The summed E-state index contributed by atoms with van der Waals surface area (Å²) in [6, 6.07) is 4.45. The summed E-state index contributed by atoms with van der Waals surface area (Å²) in [5.74, 6) is 0.690. The van der Waals surface area contributed by atoms with E-state index < -0.39 is 15.9 Å². The van der Waals surface area contributed by atoms with Crippen LogP contribution in [0, 0.1) is 11.7 Å². The van der Waals surface area contributed by atoms with Gasteiger partial charge in [-0.15, -0.1) is 0 Å². The van der Waals surface area contributed by atoms with E-state index in [2.05, 4.69) is 14.9 Å². The molecule has 11 nitrogen and oxygen atoms in total. The van der Waals surface area contributed by atoms with E-state index in [4.69, 9.17) is 20.9 Å². The molecule has 246 valence electrons. The SMILES string of the molecule is O=C(CCCCS(=O)(=O)O)N1CC2CCC1CN2C(=O)Cc1ccc(OCCCC2CCN(c3ncc(Cl)cn3)CC2)cc1F. The number of piperazine rings is 1. The van der Waals surface area contributed by atoms with Gasteiger partial charge in [0.05, 0.1) is 36.2 Å². The van der Waals surface area contributed by atoms with Gasteiger partial charge in [-0.1, -0.05) is 17.7 Å². The third-order valence-corrected chi connectivity index (χ3v) is 10.1. The van der Waals surface area contributed by atoms with Crippen LogP contribution in [0.3, 0.4) is 0 Å². The molecule has 2 unspecified atom stereocenters. The Balaban J connectivity index is 1.01. The number of benzene rings is 1. The minimum atomic E-state index is -4.03. The Morgan fingerprint density at radius 3 is 2.27 bits per heavy atom. The van der Waals surface area contributed by atoms with Crippen molar-refractivity contribution < 1.29 is 31.7 Å². The van der Waals surface area contributed by atoms with Gasteiger partial charge in [0.25, 0.3) is 10.1 Å². The fourth-order valence-corrected chi connectivity index (χ4v) is 7.29. The summed E-state index contributed by atoms with van der Waals surface area (Å²) in [5.41, 5.74) is 0.317. The molecule has 6 rings (SSSR count). The van der Waals surface area contributed by atoms with Crippen molar-refractivity contribution in [2.75, 3.05) is 43.4 Å². The average Bonchev–Trinajstić information content (AvgIpc) is 3.03. The first-order valence-corrected chi connectivity index (χ1v) is 17.7. The number of amides is 2. The third-order valence-electron chi connectivity index (χ3n) is 9.11. The van der Waals surface area contributed by atoms with Crippen molar-refractivity contribution in [2.45, 2.75) is 76.3 Å². The van der Waals surface area contributed by atoms with Crippen LogP contribution in [0.15, 0.2) is 30.6 Å². The molecule has 2 atom stereocenters. The van der Waals surface area contributed by atoms with Crippen molar-refractivity contribution in [3.63, 3.8) is 0 Å². The minimum absolute atomic E-state index is 0.0569. The van der Waals surface area contributed by atoms with Crippen molar-refractivity contribution in [3.8, 4) is 5.75 Å². The predicted molar refractivity (Wildman–Crippen MR) is 167 cm³/mol. The van der Waals surface area contributed by atoms with Crippen molar-refractivity contribution in [3.05, 3.63) is 47.0 Å². The topological polar surface area (TPSA) is 133 Å². The van der Waals surface area contributed by atoms with Gasteiger partial charge in [0.15, 0.2) is 0 Å². The number of hydrogen-bond acceptors (Lipinski definition) is 8. The number of halogens is 2. The fourth-order valence-electron chi connectivity index (χ4n) is 6.62. The van der Waals surface area contributed by atoms with E-state index in [9.17, 15) is 22.4 Å². The molecular formula is C31H41ClFN5O6S. The van der Waals surface area contributed by atoms with Gasteiger partial charge < -0.3 is 19.4 Å². The molecule has 14 heteroatoms. The highest BCUT2D eigenvalue weighted by Crippen LogP contribution is 2.31. The Kier molecular flexibility index (Phi) is 11.1. The second-order valence-corrected chi connectivity index (χ2v) is 14.3. The van der Waals surface area contributed by atoms with E-state index in [-0.39, 0.29) is 48.9 Å². The first-order valence-electron chi connectivity index (χ1n) is 15.7. The lowest BCUT2D eigenvalue weighted by atomic mass is 9.89. The normalized spacial score (nSPS) is 20.5. The zero-order chi connectivity index (χ0) is 32.0. The van der Waals surface area contributed by atoms with Crippen molar-refractivity contribution in [2.24, 2.45) is 5.92 Å². The van der Waals surface area contributed by atoms with Gasteiger partial charge in [-0.2, -0.15) is 8.42 Å². The molecule has 0 saturated carbocycles. The number of ether oxygens (including phenoxy) is 1. The summed E-state index contributed by atoms with van der Waals surface area (Å²) in [6.45, 7) is 3.13. The molecular weight excluding hydrogens is 625 g/mol. The number of carbonyl (C=O) groups excluding carboxylic acids is 2. The molecule has 0 radical (unpaired) electrons. The molecule has 4 saturated heterocycles. The van der Waals surface area contributed by atoms with Crippen LogP contribution < -0.4 is 9.64 Å². The largest absolute Gasteiger partial charge is 0.493 e. The number of hydrogen-bond donors (Lipinski definition) is 1. The lowest BCUT2D eigenvalue weighted by Crippen LogP contribution is -2.65. The minimum Gasteiger partial charge on any atom is -0.493 e. The van der Waals surface area contributed by atoms with Crippen LogP contribution in [0.25, 0.3) is 0 Å². The molecule has 1 aromatic carbocycles. The zero-order valence-electron chi connectivity index (χ0n) is 25.3. The van der Waals surface area contributed by atoms with Gasteiger partial charge in [-0.05, 0) is 68.9 Å². The van der Waals surface area contributed by atoms with Crippen LogP contribution in [0.5, 0.6) is 5.75 Å². The molecule has 2 aromatic rings. The smallest absolute Gasteiger partial charge is 0.264 e. The van der Waals surface area contributed by atoms with Crippen LogP contribution in [-0.2, 0) is 26.1 Å². The summed E-state index contributed by atoms with van der Waals surface area (Å²) in [4.78, 5) is 40.3. The molecule has 4 fully saturated rings. The quantitative estimate of drug-likeness (QED) is 0.248. The Morgan fingerprint density at radius 2 is 1.64 bits per heavy atom. The maximum absolute atomic E-state index is 15.0. The van der Waals surface area contributed by atoms with Crippen molar-refractivity contribution in [1.82, 2.24) is 19.8 Å². The average molecular weight is 666 g/mol. The number of anilines is 1. The van der Waals surface area contributed by atoms with Gasteiger partial charge in [0, 0.05) is 50.7 Å². The fraction of sp³-hybridized carbons (Fsp3) is 0.613. The van der Waals surface area contributed by atoms with Gasteiger partial charge in [0.2, 0.25) is 17.8 Å². The molecule has 1 N–H and O–H groups in total. The van der Waals surface area contributed by atoms with E-state index >= 15 is 0 Å². The van der Waals surface area contributed by atoms with Crippen LogP contribution >= 0.6 is 11.6 Å². The highest BCUT2D eigenvalue weighted by molar-refractivity contribution is 7.85. The highest BCUT2D eigenvalue weighted by Gasteiger charge is 2.42. The third kappa shape index (κ3) is 9.26. The van der Waals surface area contributed by atoms with E-state index in [1.165, 1.54) is 6.07 Å². The monoisotopic (exact) mass is 665 g/mol. The first-order chi connectivity index (χ1) is 21.6. The predicted octanol–water partition coefficient (Wildman–Crippen LogP) is 4.15. The lowest BCUT2D eigenvalue weighted by molar-refractivity contribution is -0.151. The number of fused-ring (bicyclic) bond motifs is 3. The van der Waals surface area contributed by atoms with Crippen LogP contribution in [-0.4, -0.2) is 95.2 Å². The number of rotatable bonds is 13. The Bertz CT molecular complexity index is 1440. The molecule has 45 heavy (non-hydrogen) atoms. The van der Waals surface area contributed by atoms with Gasteiger partial charge in [-0.25, -0.2) is 14.4 Å².